The molecule has 0 N–H and O–H groups in total. The molecule has 19 heavy (non-hydrogen) atoms. The van der Waals surface area contributed by atoms with E-state index in [4.69, 9.17) is 27.0 Å². The SMILES string of the molecule is CC(C)(C)C#CCOc1ccc(S(=O)(=O)Cl)cc1Cl. The van der Waals surface area contributed by atoms with Crippen molar-refractivity contribution in [3.8, 4) is 17.6 Å². The molecule has 0 aromatic heterocycles. The zero-order valence-corrected chi connectivity index (χ0v) is 13.2. The van der Waals surface area contributed by atoms with E-state index in [0.29, 0.717) is 5.75 Å². The highest BCUT2D eigenvalue weighted by molar-refractivity contribution is 8.13. The van der Waals surface area contributed by atoms with Gasteiger partial charge in [-0.1, -0.05) is 23.4 Å². The van der Waals surface area contributed by atoms with E-state index in [1.165, 1.54) is 18.2 Å². The second kappa shape index (κ2) is 6.04. The van der Waals surface area contributed by atoms with E-state index >= 15 is 0 Å². The largest absolute Gasteiger partial charge is 0.479 e. The summed E-state index contributed by atoms with van der Waals surface area (Å²) in [5, 5.41) is 0.180. The maximum atomic E-state index is 11.1. The Morgan fingerprint density at radius 1 is 1.32 bits per heavy atom. The Morgan fingerprint density at radius 2 is 1.95 bits per heavy atom. The first-order chi connectivity index (χ1) is 8.59. The molecular formula is C13H14Cl2O3S. The van der Waals surface area contributed by atoms with Crippen LogP contribution in [0.15, 0.2) is 23.1 Å². The van der Waals surface area contributed by atoms with Gasteiger partial charge in [0.2, 0.25) is 0 Å². The third-order valence-electron chi connectivity index (χ3n) is 1.95. The van der Waals surface area contributed by atoms with Crippen LogP contribution in [0.25, 0.3) is 0 Å². The zero-order chi connectivity index (χ0) is 14.7. The van der Waals surface area contributed by atoms with Gasteiger partial charge in [-0.05, 0) is 39.0 Å². The van der Waals surface area contributed by atoms with Crippen LogP contribution in [0.1, 0.15) is 20.8 Å². The second-order valence-electron chi connectivity index (χ2n) is 4.87. The van der Waals surface area contributed by atoms with Gasteiger partial charge in [0.25, 0.3) is 9.05 Å². The molecule has 0 heterocycles. The first kappa shape index (κ1) is 16.2. The molecule has 1 aromatic rings. The lowest BCUT2D eigenvalue weighted by Gasteiger charge is -2.08. The highest BCUT2D eigenvalue weighted by Crippen LogP contribution is 2.28. The van der Waals surface area contributed by atoms with Crippen LogP contribution in [0.3, 0.4) is 0 Å². The number of rotatable bonds is 3. The maximum Gasteiger partial charge on any atom is 0.261 e. The van der Waals surface area contributed by atoms with Gasteiger partial charge in [0.1, 0.15) is 12.4 Å². The van der Waals surface area contributed by atoms with E-state index in [1.54, 1.807) is 0 Å². The average molecular weight is 321 g/mol. The molecule has 0 spiro atoms. The summed E-state index contributed by atoms with van der Waals surface area (Å²) in [6.07, 6.45) is 0. The summed E-state index contributed by atoms with van der Waals surface area (Å²) < 4.78 is 27.6. The smallest absolute Gasteiger partial charge is 0.261 e. The fraction of sp³-hybridized carbons (Fsp3) is 0.385. The van der Waals surface area contributed by atoms with Crippen LogP contribution in [0, 0.1) is 17.3 Å². The molecule has 0 unspecified atom stereocenters. The minimum atomic E-state index is -3.78. The lowest BCUT2D eigenvalue weighted by atomic mass is 9.98. The Kier molecular flexibility index (Phi) is 5.14. The van der Waals surface area contributed by atoms with E-state index in [-0.39, 0.29) is 21.9 Å². The number of hydrogen-bond acceptors (Lipinski definition) is 3. The molecule has 0 aliphatic heterocycles. The van der Waals surface area contributed by atoms with Gasteiger partial charge in [-0.15, -0.1) is 0 Å². The molecule has 1 rings (SSSR count). The molecule has 104 valence electrons. The summed E-state index contributed by atoms with van der Waals surface area (Å²) in [5.41, 5.74) is -0.0935. The normalized spacial score (nSPS) is 11.6. The van der Waals surface area contributed by atoms with Crippen LogP contribution in [0.5, 0.6) is 5.75 Å². The molecular weight excluding hydrogens is 307 g/mol. The van der Waals surface area contributed by atoms with E-state index in [2.05, 4.69) is 11.8 Å². The predicted octanol–water partition coefficient (Wildman–Crippen LogP) is 3.70. The third kappa shape index (κ3) is 5.73. The average Bonchev–Trinajstić information content (AvgIpc) is 2.23. The first-order valence-electron chi connectivity index (χ1n) is 5.47. The minimum absolute atomic E-state index is 0.0627. The Balaban J connectivity index is 2.79. The van der Waals surface area contributed by atoms with E-state index < -0.39 is 9.05 Å². The molecule has 0 amide bonds. The first-order valence-corrected chi connectivity index (χ1v) is 8.15. The van der Waals surface area contributed by atoms with Crippen LogP contribution >= 0.6 is 22.3 Å². The number of halogens is 2. The molecule has 0 saturated heterocycles. The molecule has 0 atom stereocenters. The summed E-state index contributed by atoms with van der Waals surface area (Å²) >= 11 is 5.91. The molecule has 0 radical (unpaired) electrons. The number of benzene rings is 1. The quantitative estimate of drug-likeness (QED) is 0.630. The molecule has 0 fully saturated rings. The van der Waals surface area contributed by atoms with Gasteiger partial charge in [0, 0.05) is 16.1 Å². The Bertz CT molecular complexity index is 620. The summed E-state index contributed by atoms with van der Waals surface area (Å²) in [5.74, 6) is 6.25. The molecule has 1 aromatic carbocycles. The van der Waals surface area contributed by atoms with Gasteiger partial charge in [0.15, 0.2) is 0 Å². The molecule has 0 saturated carbocycles. The van der Waals surface area contributed by atoms with Crippen molar-refractivity contribution < 1.29 is 13.2 Å². The summed E-state index contributed by atoms with van der Waals surface area (Å²) in [6, 6.07) is 4.04. The molecule has 0 aliphatic carbocycles. The van der Waals surface area contributed by atoms with E-state index in [1.807, 2.05) is 20.8 Å². The van der Waals surface area contributed by atoms with E-state index in [0.717, 1.165) is 0 Å². The lowest BCUT2D eigenvalue weighted by molar-refractivity contribution is 0.369. The van der Waals surface area contributed by atoms with Crippen molar-refractivity contribution in [2.24, 2.45) is 5.41 Å². The highest BCUT2D eigenvalue weighted by atomic mass is 35.7. The van der Waals surface area contributed by atoms with Crippen molar-refractivity contribution in [1.82, 2.24) is 0 Å². The topological polar surface area (TPSA) is 43.4 Å². The van der Waals surface area contributed by atoms with Gasteiger partial charge in [-0.25, -0.2) is 8.42 Å². The molecule has 0 aliphatic rings. The van der Waals surface area contributed by atoms with Crippen molar-refractivity contribution in [1.29, 1.82) is 0 Å². The highest BCUT2D eigenvalue weighted by Gasteiger charge is 2.12. The van der Waals surface area contributed by atoms with Gasteiger partial charge in [-0.3, -0.25) is 0 Å². The molecule has 6 heteroatoms. The molecule has 0 bridgehead atoms. The number of hydrogen-bond donors (Lipinski definition) is 0. The fourth-order valence-corrected chi connectivity index (χ4v) is 2.24. The van der Waals surface area contributed by atoms with Crippen LogP contribution in [0.2, 0.25) is 5.02 Å². The Morgan fingerprint density at radius 3 is 2.42 bits per heavy atom. The fourth-order valence-electron chi connectivity index (χ4n) is 1.17. The van der Waals surface area contributed by atoms with Crippen molar-refractivity contribution >= 4 is 31.3 Å². The summed E-state index contributed by atoms with van der Waals surface area (Å²) in [6.45, 7) is 6.16. The third-order valence-corrected chi connectivity index (χ3v) is 3.60. The van der Waals surface area contributed by atoms with Crippen LogP contribution in [0.4, 0.5) is 0 Å². The Labute approximate surface area is 123 Å². The monoisotopic (exact) mass is 320 g/mol. The number of ether oxygens (including phenoxy) is 1. The van der Waals surface area contributed by atoms with Crippen molar-refractivity contribution in [2.45, 2.75) is 25.7 Å². The maximum absolute atomic E-state index is 11.1. The van der Waals surface area contributed by atoms with Gasteiger partial charge < -0.3 is 4.74 Å². The van der Waals surface area contributed by atoms with Crippen LogP contribution in [-0.2, 0) is 9.05 Å². The summed E-state index contributed by atoms with van der Waals surface area (Å²) in [4.78, 5) is -0.0627. The van der Waals surface area contributed by atoms with Gasteiger partial charge in [-0.2, -0.15) is 0 Å². The van der Waals surface area contributed by atoms with Crippen molar-refractivity contribution in [3.05, 3.63) is 23.2 Å². The van der Waals surface area contributed by atoms with Gasteiger partial charge >= 0.3 is 0 Å². The van der Waals surface area contributed by atoms with Crippen LogP contribution in [-0.4, -0.2) is 15.0 Å². The van der Waals surface area contributed by atoms with Crippen LogP contribution < -0.4 is 4.74 Å². The van der Waals surface area contributed by atoms with Crippen molar-refractivity contribution in [3.63, 3.8) is 0 Å². The second-order valence-corrected chi connectivity index (χ2v) is 7.84. The minimum Gasteiger partial charge on any atom is -0.479 e. The zero-order valence-electron chi connectivity index (χ0n) is 10.8. The Hall–Kier alpha value is -0.890. The lowest BCUT2D eigenvalue weighted by Crippen LogP contribution is -2.02. The van der Waals surface area contributed by atoms with Gasteiger partial charge in [0.05, 0.1) is 9.92 Å². The predicted molar refractivity (Wildman–Crippen MR) is 77.2 cm³/mol. The standard InChI is InChI=1S/C13H14Cl2O3S/c1-13(2,3)7-4-8-18-12-6-5-10(9-11(12)14)19(15,16)17/h5-6,9H,8H2,1-3H3. The van der Waals surface area contributed by atoms with E-state index in [9.17, 15) is 8.42 Å². The molecule has 3 nitrogen and oxygen atoms in total. The van der Waals surface area contributed by atoms with Crippen molar-refractivity contribution in [2.75, 3.05) is 6.61 Å². The summed E-state index contributed by atoms with van der Waals surface area (Å²) in [7, 11) is 1.43.